The van der Waals surface area contributed by atoms with E-state index in [2.05, 4.69) is 5.32 Å². The highest BCUT2D eigenvalue weighted by Crippen LogP contribution is 2.02. The van der Waals surface area contributed by atoms with Crippen molar-refractivity contribution in [1.82, 2.24) is 5.32 Å². The van der Waals surface area contributed by atoms with Crippen molar-refractivity contribution in [3.63, 3.8) is 0 Å². The van der Waals surface area contributed by atoms with Gasteiger partial charge < -0.3 is 11.1 Å². The lowest BCUT2D eigenvalue weighted by molar-refractivity contribution is -0.122. The molecule has 88 valence electrons. The first-order chi connectivity index (χ1) is 7.63. The molecule has 1 unspecified atom stereocenters. The maximum atomic E-state index is 12.6. The first-order valence-corrected chi connectivity index (χ1v) is 5.41. The van der Waals surface area contributed by atoms with Gasteiger partial charge >= 0.3 is 0 Å². The predicted molar refractivity (Wildman–Crippen MR) is 61.4 cm³/mol. The highest BCUT2D eigenvalue weighted by molar-refractivity contribution is 5.81. The fourth-order valence-electron chi connectivity index (χ4n) is 1.30. The molecule has 0 bridgehead atoms. The van der Waals surface area contributed by atoms with Crippen LogP contribution in [0.3, 0.4) is 0 Å². The molecule has 0 radical (unpaired) electrons. The SMILES string of the molecule is CCC(N)C(=O)NCCc1ccc(F)cc1. The van der Waals surface area contributed by atoms with Gasteiger partial charge in [0.2, 0.25) is 5.91 Å². The highest BCUT2D eigenvalue weighted by atomic mass is 19.1. The number of nitrogens with two attached hydrogens (primary N) is 1. The maximum Gasteiger partial charge on any atom is 0.236 e. The van der Waals surface area contributed by atoms with Crippen LogP contribution in [0.2, 0.25) is 0 Å². The second-order valence-electron chi connectivity index (χ2n) is 3.68. The molecule has 1 amide bonds. The molecular formula is C12H17FN2O. The average molecular weight is 224 g/mol. The van der Waals surface area contributed by atoms with Crippen molar-refractivity contribution in [3.05, 3.63) is 35.6 Å². The van der Waals surface area contributed by atoms with Crippen molar-refractivity contribution in [1.29, 1.82) is 0 Å². The quantitative estimate of drug-likeness (QED) is 0.790. The Kier molecular flexibility index (Phi) is 4.92. The van der Waals surface area contributed by atoms with Gasteiger partial charge in [-0.15, -0.1) is 0 Å². The lowest BCUT2D eigenvalue weighted by Crippen LogP contribution is -2.40. The first kappa shape index (κ1) is 12.6. The van der Waals surface area contributed by atoms with Gasteiger partial charge in [0.1, 0.15) is 5.82 Å². The van der Waals surface area contributed by atoms with E-state index < -0.39 is 6.04 Å². The molecule has 0 heterocycles. The molecule has 0 aromatic heterocycles. The van der Waals surface area contributed by atoms with E-state index in [4.69, 9.17) is 5.73 Å². The molecule has 4 heteroatoms. The van der Waals surface area contributed by atoms with Gasteiger partial charge in [-0.2, -0.15) is 0 Å². The van der Waals surface area contributed by atoms with Crippen molar-refractivity contribution >= 4 is 5.91 Å². The Hall–Kier alpha value is -1.42. The molecule has 0 saturated carbocycles. The van der Waals surface area contributed by atoms with Gasteiger partial charge in [0.25, 0.3) is 0 Å². The molecule has 3 N–H and O–H groups in total. The van der Waals surface area contributed by atoms with Crippen LogP contribution in [0.1, 0.15) is 18.9 Å². The standard InChI is InChI=1S/C12H17FN2O/c1-2-11(14)12(16)15-8-7-9-3-5-10(13)6-4-9/h3-6,11H,2,7-8,14H2,1H3,(H,15,16). The van der Waals surface area contributed by atoms with Gasteiger partial charge in [0, 0.05) is 6.54 Å². The average Bonchev–Trinajstić information content (AvgIpc) is 2.30. The number of amides is 1. The summed E-state index contributed by atoms with van der Waals surface area (Å²) in [5.41, 5.74) is 6.55. The van der Waals surface area contributed by atoms with Gasteiger partial charge in [0.15, 0.2) is 0 Å². The zero-order chi connectivity index (χ0) is 12.0. The monoisotopic (exact) mass is 224 g/mol. The van der Waals surface area contributed by atoms with Gasteiger partial charge in [-0.05, 0) is 30.5 Å². The number of halogens is 1. The van der Waals surface area contributed by atoms with Crippen LogP contribution < -0.4 is 11.1 Å². The predicted octanol–water partition coefficient (Wildman–Crippen LogP) is 1.22. The molecule has 1 aromatic carbocycles. The molecule has 0 fully saturated rings. The van der Waals surface area contributed by atoms with Crippen LogP contribution in [0.15, 0.2) is 24.3 Å². The molecule has 0 aliphatic heterocycles. The topological polar surface area (TPSA) is 55.1 Å². The summed E-state index contributed by atoms with van der Waals surface area (Å²) in [6.07, 6.45) is 1.31. The fraction of sp³-hybridized carbons (Fsp3) is 0.417. The van der Waals surface area contributed by atoms with Crippen LogP contribution in [-0.2, 0) is 11.2 Å². The zero-order valence-electron chi connectivity index (χ0n) is 9.37. The van der Waals surface area contributed by atoms with E-state index in [9.17, 15) is 9.18 Å². The summed E-state index contributed by atoms with van der Waals surface area (Å²) in [7, 11) is 0. The fourth-order valence-corrected chi connectivity index (χ4v) is 1.30. The Morgan fingerprint density at radius 2 is 2.06 bits per heavy atom. The minimum absolute atomic E-state index is 0.135. The summed E-state index contributed by atoms with van der Waals surface area (Å²) >= 11 is 0. The number of carbonyl (C=O) groups excluding carboxylic acids is 1. The van der Waals surface area contributed by atoms with Gasteiger partial charge in [-0.25, -0.2) is 4.39 Å². The van der Waals surface area contributed by atoms with Crippen LogP contribution in [0.5, 0.6) is 0 Å². The van der Waals surface area contributed by atoms with E-state index in [0.717, 1.165) is 5.56 Å². The van der Waals surface area contributed by atoms with Crippen LogP contribution >= 0.6 is 0 Å². The van der Waals surface area contributed by atoms with Crippen LogP contribution in [0.25, 0.3) is 0 Å². The number of benzene rings is 1. The first-order valence-electron chi connectivity index (χ1n) is 5.41. The Morgan fingerprint density at radius 3 is 2.62 bits per heavy atom. The second-order valence-corrected chi connectivity index (χ2v) is 3.68. The summed E-state index contributed by atoms with van der Waals surface area (Å²) in [6.45, 7) is 2.39. The van der Waals surface area contributed by atoms with Crippen molar-refractivity contribution < 1.29 is 9.18 Å². The minimum Gasteiger partial charge on any atom is -0.354 e. The Bertz CT molecular complexity index is 337. The summed E-state index contributed by atoms with van der Waals surface area (Å²) < 4.78 is 12.6. The van der Waals surface area contributed by atoms with E-state index in [-0.39, 0.29) is 11.7 Å². The molecule has 0 aliphatic rings. The smallest absolute Gasteiger partial charge is 0.236 e. The summed E-state index contributed by atoms with van der Waals surface area (Å²) in [6, 6.07) is 5.81. The molecule has 16 heavy (non-hydrogen) atoms. The minimum atomic E-state index is -0.437. The van der Waals surface area contributed by atoms with E-state index in [0.29, 0.717) is 19.4 Å². The van der Waals surface area contributed by atoms with Crippen LogP contribution in [-0.4, -0.2) is 18.5 Å². The number of carbonyl (C=O) groups is 1. The Balaban J connectivity index is 2.30. The Morgan fingerprint density at radius 1 is 1.44 bits per heavy atom. The van der Waals surface area contributed by atoms with Crippen LogP contribution in [0.4, 0.5) is 4.39 Å². The molecule has 1 aromatic rings. The summed E-state index contributed by atoms with van der Waals surface area (Å²) in [4.78, 5) is 11.3. The molecule has 1 rings (SSSR count). The van der Waals surface area contributed by atoms with E-state index in [1.54, 1.807) is 12.1 Å². The maximum absolute atomic E-state index is 12.6. The number of hydrogen-bond acceptors (Lipinski definition) is 2. The van der Waals surface area contributed by atoms with Gasteiger partial charge in [0.05, 0.1) is 6.04 Å². The molecule has 0 saturated heterocycles. The number of nitrogens with one attached hydrogen (secondary N) is 1. The molecular weight excluding hydrogens is 207 g/mol. The largest absolute Gasteiger partial charge is 0.354 e. The normalized spacial score (nSPS) is 12.2. The molecule has 1 atom stereocenters. The van der Waals surface area contributed by atoms with Crippen molar-refractivity contribution in [2.24, 2.45) is 5.73 Å². The summed E-state index contributed by atoms with van der Waals surface area (Å²) in [5, 5.41) is 2.74. The molecule has 3 nitrogen and oxygen atoms in total. The third-order valence-corrected chi connectivity index (χ3v) is 2.40. The molecule has 0 spiro atoms. The van der Waals surface area contributed by atoms with Crippen molar-refractivity contribution in [2.75, 3.05) is 6.54 Å². The van der Waals surface area contributed by atoms with E-state index in [1.807, 2.05) is 6.92 Å². The third kappa shape index (κ3) is 3.98. The number of rotatable bonds is 5. The molecule has 0 aliphatic carbocycles. The third-order valence-electron chi connectivity index (χ3n) is 2.40. The zero-order valence-corrected chi connectivity index (χ0v) is 9.37. The van der Waals surface area contributed by atoms with Crippen molar-refractivity contribution in [2.45, 2.75) is 25.8 Å². The highest BCUT2D eigenvalue weighted by Gasteiger charge is 2.09. The number of hydrogen-bond donors (Lipinski definition) is 2. The van der Waals surface area contributed by atoms with Gasteiger partial charge in [-0.3, -0.25) is 4.79 Å². The second kappa shape index (κ2) is 6.23. The Labute approximate surface area is 94.8 Å². The van der Waals surface area contributed by atoms with E-state index >= 15 is 0 Å². The lowest BCUT2D eigenvalue weighted by Gasteiger charge is -2.09. The van der Waals surface area contributed by atoms with Gasteiger partial charge in [-0.1, -0.05) is 19.1 Å². The lowest BCUT2D eigenvalue weighted by atomic mass is 10.1. The summed E-state index contributed by atoms with van der Waals surface area (Å²) in [5.74, 6) is -0.384. The van der Waals surface area contributed by atoms with Crippen molar-refractivity contribution in [3.8, 4) is 0 Å². The van der Waals surface area contributed by atoms with Crippen LogP contribution in [0, 0.1) is 5.82 Å². The van der Waals surface area contributed by atoms with E-state index in [1.165, 1.54) is 12.1 Å².